The first-order valence-corrected chi connectivity index (χ1v) is 6.09. The van der Waals surface area contributed by atoms with Crippen LogP contribution < -0.4 is 10.6 Å². The second kappa shape index (κ2) is 6.46. The number of anilines is 1. The van der Waals surface area contributed by atoms with Crippen molar-refractivity contribution in [3.05, 3.63) is 28.2 Å². The maximum atomic E-state index is 13.4. The number of carbonyl (C=O) groups is 2. The zero-order valence-electron chi connectivity index (χ0n) is 9.84. The van der Waals surface area contributed by atoms with E-state index < -0.39 is 29.7 Å². The van der Waals surface area contributed by atoms with Gasteiger partial charge in [-0.05, 0) is 28.4 Å². The van der Waals surface area contributed by atoms with Gasteiger partial charge in [0.15, 0.2) is 5.82 Å². The fourth-order valence-corrected chi connectivity index (χ4v) is 1.82. The lowest BCUT2D eigenvalue weighted by Gasteiger charge is -2.14. The van der Waals surface area contributed by atoms with Gasteiger partial charge in [0.1, 0.15) is 11.9 Å². The van der Waals surface area contributed by atoms with E-state index in [9.17, 15) is 18.4 Å². The van der Waals surface area contributed by atoms with Gasteiger partial charge in [-0.15, -0.1) is 0 Å². The number of urea groups is 1. The molecule has 0 aliphatic carbocycles. The summed E-state index contributed by atoms with van der Waals surface area (Å²) in [5, 5.41) is 13.0. The number of nitrogens with one attached hydrogen (secondary N) is 2. The van der Waals surface area contributed by atoms with E-state index >= 15 is 0 Å². The second-order valence-corrected chi connectivity index (χ2v) is 4.50. The smallest absolute Gasteiger partial charge is 0.326 e. The monoisotopic (exact) mass is 336 g/mol. The third kappa shape index (κ3) is 4.16. The molecular formula is C11H11BrF2N2O3. The molecule has 1 aromatic carbocycles. The zero-order chi connectivity index (χ0) is 14.6. The Labute approximate surface area is 116 Å². The van der Waals surface area contributed by atoms with Crippen LogP contribution in [0.2, 0.25) is 0 Å². The predicted molar refractivity (Wildman–Crippen MR) is 67.9 cm³/mol. The molecule has 19 heavy (non-hydrogen) atoms. The molecule has 0 saturated carbocycles. The molecule has 1 rings (SSSR count). The second-order valence-electron chi connectivity index (χ2n) is 3.64. The van der Waals surface area contributed by atoms with Crippen molar-refractivity contribution in [2.24, 2.45) is 0 Å². The number of carboxylic acid groups (broad SMARTS) is 1. The number of rotatable bonds is 4. The molecular weight excluding hydrogens is 326 g/mol. The summed E-state index contributed by atoms with van der Waals surface area (Å²) < 4.78 is 26.3. The Morgan fingerprint density at radius 2 is 2.05 bits per heavy atom. The van der Waals surface area contributed by atoms with Gasteiger partial charge in [0.2, 0.25) is 0 Å². The molecule has 0 fully saturated rings. The Morgan fingerprint density at radius 3 is 2.53 bits per heavy atom. The van der Waals surface area contributed by atoms with Crippen molar-refractivity contribution in [2.75, 3.05) is 5.32 Å². The van der Waals surface area contributed by atoms with Gasteiger partial charge in [-0.2, -0.15) is 0 Å². The van der Waals surface area contributed by atoms with Crippen LogP contribution in [0.25, 0.3) is 0 Å². The van der Waals surface area contributed by atoms with Crippen LogP contribution in [0.15, 0.2) is 16.6 Å². The third-order valence-electron chi connectivity index (χ3n) is 2.26. The highest BCUT2D eigenvalue weighted by Crippen LogP contribution is 2.26. The van der Waals surface area contributed by atoms with Gasteiger partial charge in [0, 0.05) is 10.5 Å². The van der Waals surface area contributed by atoms with Gasteiger partial charge in [0.05, 0.1) is 5.69 Å². The summed E-state index contributed by atoms with van der Waals surface area (Å²) in [7, 11) is 0. The first-order valence-electron chi connectivity index (χ1n) is 5.30. The molecule has 0 heterocycles. The molecule has 0 spiro atoms. The summed E-state index contributed by atoms with van der Waals surface area (Å²) in [5.74, 6) is -2.96. The molecule has 104 valence electrons. The fourth-order valence-electron chi connectivity index (χ4n) is 1.31. The standard InChI is InChI=1S/C11H11BrF2N2O3/c1-2-8(10(17)18)15-11(19)16-9-6(12)3-5(13)4-7(9)14/h3-4,8H,2H2,1H3,(H,17,18)(H2,15,16,19)/t8-/m1/s1. The van der Waals surface area contributed by atoms with E-state index in [1.54, 1.807) is 6.92 Å². The van der Waals surface area contributed by atoms with E-state index in [2.05, 4.69) is 26.6 Å². The largest absolute Gasteiger partial charge is 0.480 e. The molecule has 0 aromatic heterocycles. The van der Waals surface area contributed by atoms with Gasteiger partial charge in [0.25, 0.3) is 0 Å². The lowest BCUT2D eigenvalue weighted by atomic mass is 10.2. The maximum absolute atomic E-state index is 13.4. The average Bonchev–Trinajstić information content (AvgIpc) is 2.30. The minimum atomic E-state index is -1.20. The molecule has 1 atom stereocenters. The number of carbonyl (C=O) groups excluding carboxylic acids is 1. The van der Waals surface area contributed by atoms with E-state index in [1.807, 2.05) is 0 Å². The van der Waals surface area contributed by atoms with Gasteiger partial charge < -0.3 is 15.7 Å². The normalized spacial score (nSPS) is 11.8. The number of aliphatic carboxylic acids is 1. The highest BCUT2D eigenvalue weighted by molar-refractivity contribution is 9.10. The quantitative estimate of drug-likeness (QED) is 0.790. The van der Waals surface area contributed by atoms with Gasteiger partial charge in [-0.25, -0.2) is 18.4 Å². The van der Waals surface area contributed by atoms with Crippen LogP contribution in [-0.2, 0) is 4.79 Å². The number of halogens is 3. The summed E-state index contributed by atoms with van der Waals surface area (Å²) in [6.07, 6.45) is 0.176. The van der Waals surface area contributed by atoms with Crippen molar-refractivity contribution in [3.63, 3.8) is 0 Å². The first kappa shape index (κ1) is 15.4. The molecule has 5 nitrogen and oxygen atoms in total. The molecule has 0 radical (unpaired) electrons. The molecule has 0 bridgehead atoms. The van der Waals surface area contributed by atoms with E-state index in [0.717, 1.165) is 6.07 Å². The van der Waals surface area contributed by atoms with Crippen molar-refractivity contribution in [2.45, 2.75) is 19.4 Å². The minimum absolute atomic E-state index is 0.0172. The molecule has 0 aliphatic heterocycles. The summed E-state index contributed by atoms with van der Waals surface area (Å²) in [6, 6.07) is -0.384. The third-order valence-corrected chi connectivity index (χ3v) is 2.88. The molecule has 0 unspecified atom stereocenters. The lowest BCUT2D eigenvalue weighted by molar-refractivity contribution is -0.139. The minimum Gasteiger partial charge on any atom is -0.480 e. The Bertz CT molecular complexity index is 488. The van der Waals surface area contributed by atoms with Gasteiger partial charge in [-0.3, -0.25) is 0 Å². The number of hydrogen-bond donors (Lipinski definition) is 3. The van der Waals surface area contributed by atoms with Crippen LogP contribution in [0.5, 0.6) is 0 Å². The zero-order valence-corrected chi connectivity index (χ0v) is 11.4. The van der Waals surface area contributed by atoms with E-state index in [1.165, 1.54) is 0 Å². The molecule has 2 amide bonds. The molecule has 0 aliphatic rings. The van der Waals surface area contributed by atoms with E-state index in [-0.39, 0.29) is 16.6 Å². The topological polar surface area (TPSA) is 78.4 Å². The summed E-state index contributed by atoms with van der Waals surface area (Å²) in [4.78, 5) is 22.2. The first-order chi connectivity index (χ1) is 8.85. The highest BCUT2D eigenvalue weighted by atomic mass is 79.9. The predicted octanol–water partition coefficient (Wildman–Crippen LogP) is 2.71. The number of benzene rings is 1. The molecule has 1 aromatic rings. The van der Waals surface area contributed by atoms with Crippen molar-refractivity contribution in [3.8, 4) is 0 Å². The van der Waals surface area contributed by atoms with Gasteiger partial charge >= 0.3 is 12.0 Å². The lowest BCUT2D eigenvalue weighted by Crippen LogP contribution is -2.42. The number of carboxylic acids is 1. The Kier molecular flexibility index (Phi) is 5.22. The number of amides is 2. The van der Waals surface area contributed by atoms with Crippen LogP contribution in [0.4, 0.5) is 19.3 Å². The van der Waals surface area contributed by atoms with Gasteiger partial charge in [-0.1, -0.05) is 6.92 Å². The van der Waals surface area contributed by atoms with E-state index in [0.29, 0.717) is 6.07 Å². The van der Waals surface area contributed by atoms with Crippen LogP contribution in [0.1, 0.15) is 13.3 Å². The SMILES string of the molecule is CC[C@@H](NC(=O)Nc1c(F)cc(F)cc1Br)C(=O)O. The summed E-state index contributed by atoms with van der Waals surface area (Å²) in [6.45, 7) is 1.58. The summed E-state index contributed by atoms with van der Waals surface area (Å²) in [5.41, 5.74) is -0.265. The van der Waals surface area contributed by atoms with Crippen molar-refractivity contribution >= 4 is 33.6 Å². The average molecular weight is 337 g/mol. The van der Waals surface area contributed by atoms with Crippen molar-refractivity contribution in [1.29, 1.82) is 0 Å². The Hall–Kier alpha value is -1.70. The van der Waals surface area contributed by atoms with Crippen LogP contribution in [-0.4, -0.2) is 23.1 Å². The Morgan fingerprint density at radius 1 is 1.42 bits per heavy atom. The molecule has 0 saturated heterocycles. The van der Waals surface area contributed by atoms with E-state index in [4.69, 9.17) is 5.11 Å². The number of hydrogen-bond acceptors (Lipinski definition) is 2. The molecule has 3 N–H and O–H groups in total. The highest BCUT2D eigenvalue weighted by Gasteiger charge is 2.19. The maximum Gasteiger partial charge on any atom is 0.326 e. The van der Waals surface area contributed by atoms with Crippen LogP contribution >= 0.6 is 15.9 Å². The molecule has 8 heteroatoms. The fraction of sp³-hybridized carbons (Fsp3) is 0.273. The Balaban J connectivity index is 2.80. The van der Waals surface area contributed by atoms with Crippen molar-refractivity contribution in [1.82, 2.24) is 5.32 Å². The summed E-state index contributed by atoms with van der Waals surface area (Å²) >= 11 is 2.90. The van der Waals surface area contributed by atoms with Crippen LogP contribution in [0.3, 0.4) is 0 Å². The van der Waals surface area contributed by atoms with Crippen molar-refractivity contribution < 1.29 is 23.5 Å². The van der Waals surface area contributed by atoms with Crippen LogP contribution in [0, 0.1) is 11.6 Å².